The first-order valence-corrected chi connectivity index (χ1v) is 5.22. The summed E-state index contributed by atoms with van der Waals surface area (Å²) >= 11 is 0. The summed E-state index contributed by atoms with van der Waals surface area (Å²) in [6.45, 7) is 2.90. The predicted molar refractivity (Wildman–Crippen MR) is 54.8 cm³/mol. The van der Waals surface area contributed by atoms with Crippen molar-refractivity contribution in [3.05, 3.63) is 18.0 Å². The number of hydrogen-bond acceptors (Lipinski definition) is 3. The molecule has 5 nitrogen and oxygen atoms in total. The Hall–Kier alpha value is -1.36. The molecule has 0 aliphatic carbocycles. The third kappa shape index (κ3) is 2.56. The first-order chi connectivity index (χ1) is 7.25. The van der Waals surface area contributed by atoms with E-state index in [0.717, 1.165) is 19.6 Å². The van der Waals surface area contributed by atoms with Gasteiger partial charge in [-0.15, -0.1) is 0 Å². The van der Waals surface area contributed by atoms with Crippen molar-refractivity contribution in [2.24, 2.45) is 5.92 Å². The van der Waals surface area contributed by atoms with E-state index in [0.29, 0.717) is 5.92 Å². The Morgan fingerprint density at radius 3 is 3.20 bits per heavy atom. The van der Waals surface area contributed by atoms with E-state index in [1.165, 1.54) is 19.0 Å². The number of carboxylic acids is 1. The highest BCUT2D eigenvalue weighted by atomic mass is 16.4. The van der Waals surface area contributed by atoms with E-state index in [1.807, 2.05) is 0 Å². The molecule has 2 heterocycles. The molecule has 1 fully saturated rings. The molecule has 1 aromatic rings. The van der Waals surface area contributed by atoms with Crippen molar-refractivity contribution < 1.29 is 9.90 Å². The maximum atomic E-state index is 10.6. The van der Waals surface area contributed by atoms with Gasteiger partial charge in [0.15, 0.2) is 0 Å². The molecule has 1 aromatic heterocycles. The van der Waals surface area contributed by atoms with Gasteiger partial charge in [-0.3, -0.25) is 4.68 Å². The highest BCUT2D eigenvalue weighted by Gasteiger charge is 2.14. The van der Waals surface area contributed by atoms with Crippen molar-refractivity contribution >= 4 is 5.97 Å². The third-order valence-electron chi connectivity index (χ3n) is 2.72. The molecule has 5 heteroatoms. The lowest BCUT2D eigenvalue weighted by Crippen LogP contribution is -2.32. The monoisotopic (exact) mass is 209 g/mol. The number of aromatic nitrogens is 2. The van der Waals surface area contributed by atoms with Crippen molar-refractivity contribution in [1.82, 2.24) is 15.1 Å². The van der Waals surface area contributed by atoms with Crippen LogP contribution in [-0.4, -0.2) is 33.9 Å². The van der Waals surface area contributed by atoms with E-state index in [2.05, 4.69) is 10.4 Å². The van der Waals surface area contributed by atoms with Crippen LogP contribution in [0.1, 0.15) is 23.2 Å². The fraction of sp³-hybridized carbons (Fsp3) is 0.600. The molecule has 1 aliphatic heterocycles. The molecule has 0 bridgehead atoms. The second-order valence-electron chi connectivity index (χ2n) is 3.97. The molecule has 0 aromatic carbocycles. The second kappa shape index (κ2) is 4.44. The minimum Gasteiger partial charge on any atom is -0.478 e. The molecule has 2 rings (SSSR count). The van der Waals surface area contributed by atoms with Crippen LogP contribution in [0.3, 0.4) is 0 Å². The number of hydrogen-bond donors (Lipinski definition) is 2. The van der Waals surface area contributed by atoms with Crippen LogP contribution in [0.25, 0.3) is 0 Å². The third-order valence-corrected chi connectivity index (χ3v) is 2.72. The highest BCUT2D eigenvalue weighted by Crippen LogP contribution is 2.12. The van der Waals surface area contributed by atoms with Crippen LogP contribution in [0.15, 0.2) is 12.4 Å². The Bertz CT molecular complexity index is 342. The van der Waals surface area contributed by atoms with Crippen LogP contribution in [0, 0.1) is 5.92 Å². The molecule has 0 radical (unpaired) electrons. The summed E-state index contributed by atoms with van der Waals surface area (Å²) < 4.78 is 1.72. The first-order valence-electron chi connectivity index (χ1n) is 5.22. The largest absolute Gasteiger partial charge is 0.478 e. The molecule has 1 unspecified atom stereocenters. The van der Waals surface area contributed by atoms with Gasteiger partial charge >= 0.3 is 5.97 Å². The van der Waals surface area contributed by atoms with Crippen molar-refractivity contribution in [1.29, 1.82) is 0 Å². The van der Waals surface area contributed by atoms with Crippen LogP contribution in [0.2, 0.25) is 0 Å². The predicted octanol–water partition coefficient (Wildman–Crippen LogP) is 0.581. The van der Waals surface area contributed by atoms with Gasteiger partial charge in [0.1, 0.15) is 0 Å². The van der Waals surface area contributed by atoms with Crippen LogP contribution >= 0.6 is 0 Å². The molecular formula is C10H15N3O2. The van der Waals surface area contributed by atoms with E-state index < -0.39 is 5.97 Å². The van der Waals surface area contributed by atoms with E-state index in [4.69, 9.17) is 5.11 Å². The van der Waals surface area contributed by atoms with Gasteiger partial charge in [-0.25, -0.2) is 4.79 Å². The number of aromatic carboxylic acids is 1. The van der Waals surface area contributed by atoms with Gasteiger partial charge in [-0.2, -0.15) is 5.10 Å². The lowest BCUT2D eigenvalue weighted by atomic mass is 10.00. The van der Waals surface area contributed by atoms with Crippen LogP contribution in [0.4, 0.5) is 0 Å². The molecule has 1 atom stereocenters. The number of carbonyl (C=O) groups is 1. The van der Waals surface area contributed by atoms with Gasteiger partial charge < -0.3 is 10.4 Å². The molecule has 1 aliphatic rings. The Balaban J connectivity index is 1.94. The Labute approximate surface area is 88.1 Å². The van der Waals surface area contributed by atoms with Crippen molar-refractivity contribution in [3.8, 4) is 0 Å². The fourth-order valence-corrected chi connectivity index (χ4v) is 1.92. The SMILES string of the molecule is O=C(O)c1cnn(CC2CCCNC2)c1. The molecule has 2 N–H and O–H groups in total. The van der Waals surface area contributed by atoms with Crippen LogP contribution < -0.4 is 5.32 Å². The standard InChI is InChI=1S/C10H15N3O2/c14-10(15)9-5-12-13(7-9)6-8-2-1-3-11-4-8/h5,7-8,11H,1-4,6H2,(H,14,15). The lowest BCUT2D eigenvalue weighted by molar-refractivity contribution is 0.0696. The zero-order valence-corrected chi connectivity index (χ0v) is 8.52. The van der Waals surface area contributed by atoms with Gasteiger partial charge in [0.2, 0.25) is 0 Å². The molecule has 0 amide bonds. The second-order valence-corrected chi connectivity index (χ2v) is 3.97. The summed E-state index contributed by atoms with van der Waals surface area (Å²) in [6.07, 6.45) is 5.38. The summed E-state index contributed by atoms with van der Waals surface area (Å²) in [4.78, 5) is 10.6. The van der Waals surface area contributed by atoms with Crippen molar-refractivity contribution in [3.63, 3.8) is 0 Å². The first kappa shape index (κ1) is 10.2. The number of nitrogens with one attached hydrogen (secondary N) is 1. The summed E-state index contributed by atoms with van der Waals surface area (Å²) in [5.74, 6) is -0.344. The maximum Gasteiger partial charge on any atom is 0.338 e. The van der Waals surface area contributed by atoms with E-state index in [-0.39, 0.29) is 5.56 Å². The minimum atomic E-state index is -0.914. The number of piperidine rings is 1. The summed E-state index contributed by atoms with van der Waals surface area (Å²) in [5.41, 5.74) is 0.263. The van der Waals surface area contributed by atoms with Crippen molar-refractivity contribution in [2.45, 2.75) is 19.4 Å². The number of rotatable bonds is 3. The van der Waals surface area contributed by atoms with Crippen molar-refractivity contribution in [2.75, 3.05) is 13.1 Å². The van der Waals surface area contributed by atoms with E-state index in [1.54, 1.807) is 10.9 Å². The Morgan fingerprint density at radius 2 is 2.60 bits per heavy atom. The summed E-state index contributed by atoms with van der Waals surface area (Å²) in [5, 5.41) is 16.1. The fourth-order valence-electron chi connectivity index (χ4n) is 1.92. The number of carboxylic acid groups (broad SMARTS) is 1. The van der Waals surface area contributed by atoms with Gasteiger partial charge in [-0.1, -0.05) is 0 Å². The van der Waals surface area contributed by atoms with Crippen LogP contribution in [0.5, 0.6) is 0 Å². The molecule has 15 heavy (non-hydrogen) atoms. The topological polar surface area (TPSA) is 67.1 Å². The number of nitrogens with zero attached hydrogens (tertiary/aromatic N) is 2. The average molecular weight is 209 g/mol. The quantitative estimate of drug-likeness (QED) is 0.764. The zero-order chi connectivity index (χ0) is 10.7. The molecule has 82 valence electrons. The Kier molecular flexibility index (Phi) is 3.01. The van der Waals surface area contributed by atoms with E-state index >= 15 is 0 Å². The van der Waals surface area contributed by atoms with E-state index in [9.17, 15) is 4.79 Å². The lowest BCUT2D eigenvalue weighted by Gasteiger charge is -2.22. The normalized spacial score (nSPS) is 21.5. The van der Waals surface area contributed by atoms with Gasteiger partial charge in [0.25, 0.3) is 0 Å². The van der Waals surface area contributed by atoms with Crippen LogP contribution in [-0.2, 0) is 6.54 Å². The molecule has 0 saturated carbocycles. The highest BCUT2D eigenvalue weighted by molar-refractivity contribution is 5.86. The maximum absolute atomic E-state index is 10.6. The summed E-state index contributed by atoms with van der Waals surface area (Å²) in [6, 6.07) is 0. The van der Waals surface area contributed by atoms with Gasteiger partial charge in [0, 0.05) is 12.7 Å². The minimum absolute atomic E-state index is 0.263. The molecular weight excluding hydrogens is 194 g/mol. The average Bonchev–Trinajstić information content (AvgIpc) is 2.68. The molecule has 0 spiro atoms. The van der Waals surface area contributed by atoms with Gasteiger partial charge in [-0.05, 0) is 31.8 Å². The molecule has 1 saturated heterocycles. The summed E-state index contributed by atoms with van der Waals surface area (Å²) in [7, 11) is 0. The smallest absolute Gasteiger partial charge is 0.338 e. The van der Waals surface area contributed by atoms with Gasteiger partial charge in [0.05, 0.1) is 11.8 Å². The zero-order valence-electron chi connectivity index (χ0n) is 8.52. The Morgan fingerprint density at radius 1 is 1.73 bits per heavy atom.